The number of aromatic nitrogens is 1. The van der Waals surface area contributed by atoms with Gasteiger partial charge in [0, 0.05) is 24.8 Å². The van der Waals surface area contributed by atoms with Crippen molar-refractivity contribution in [1.29, 1.82) is 0 Å². The lowest BCUT2D eigenvalue weighted by Gasteiger charge is -2.28. The van der Waals surface area contributed by atoms with E-state index < -0.39 is 65.9 Å². The Morgan fingerprint density at radius 3 is 2.23 bits per heavy atom. The first-order valence-electron chi connectivity index (χ1n) is 19.1. The number of phenols is 1. The minimum Gasteiger partial charge on any atom is -0.506 e. The van der Waals surface area contributed by atoms with Gasteiger partial charge in [0.15, 0.2) is 23.0 Å². The van der Waals surface area contributed by atoms with Gasteiger partial charge in [0.1, 0.15) is 17.6 Å². The van der Waals surface area contributed by atoms with Crippen LogP contribution in [-0.2, 0) is 30.4 Å². The number of aliphatic hydroxyl groups is 1. The molecule has 0 aliphatic heterocycles. The predicted octanol–water partition coefficient (Wildman–Crippen LogP) is 4.54. The number of Topliss-reactive ketones (excluding diaryl/α,β-unsaturated/α-hetero) is 3. The van der Waals surface area contributed by atoms with Gasteiger partial charge in [0.05, 0.1) is 57.3 Å². The van der Waals surface area contributed by atoms with Crippen molar-refractivity contribution in [3.05, 3.63) is 68.7 Å². The molecule has 2 aromatic heterocycles. The van der Waals surface area contributed by atoms with Crippen molar-refractivity contribution >= 4 is 58.0 Å². The second-order valence-electron chi connectivity index (χ2n) is 15.7. The Kier molecular flexibility index (Phi) is 18.0. The molecule has 6 atom stereocenters. The number of nitrogens with zero attached hydrogens (tertiary/aromatic N) is 2. The van der Waals surface area contributed by atoms with Crippen LogP contribution < -0.4 is 16.0 Å². The van der Waals surface area contributed by atoms with Crippen LogP contribution in [0.2, 0.25) is 5.02 Å². The Hall–Kier alpha value is -4.44. The molecule has 1 aromatic carbocycles. The molecule has 0 saturated carbocycles. The van der Waals surface area contributed by atoms with E-state index in [4.69, 9.17) is 16.1 Å². The van der Waals surface area contributed by atoms with Crippen LogP contribution in [0.15, 0.2) is 45.6 Å². The Morgan fingerprint density at radius 2 is 1.67 bits per heavy atom. The minimum absolute atomic E-state index is 0.0215. The number of aliphatic hydroxyl groups excluding tert-OH is 1. The molecule has 5 N–H and O–H groups in total. The first kappa shape index (κ1) is 46.9. The molecule has 14 nitrogen and oxygen atoms in total. The fraction of sp³-hybridized carbons (Fsp3) is 0.537. The van der Waals surface area contributed by atoms with Gasteiger partial charge >= 0.3 is 0 Å². The molecule has 0 radical (unpaired) electrons. The van der Waals surface area contributed by atoms with E-state index >= 15 is 0 Å². The van der Waals surface area contributed by atoms with E-state index in [1.165, 1.54) is 36.5 Å². The molecule has 0 aliphatic rings. The van der Waals surface area contributed by atoms with E-state index in [9.17, 15) is 39.0 Å². The number of hydrogen-bond donors (Lipinski definition) is 5. The summed E-state index contributed by atoms with van der Waals surface area (Å²) in [4.78, 5) is 81.4. The molecule has 0 spiro atoms. The molecule has 312 valence electrons. The van der Waals surface area contributed by atoms with Crippen molar-refractivity contribution in [3.63, 3.8) is 0 Å². The SMILES string of the molecule is CC[C@H](C)C(NC(=O)[C@@H](CC(=O)[C@H](Cc1ccc(O)c(Cl)c1)NC(=O)c1cc(C)on1)c1ccsc1)C(=O)C[C@@H](CCCC[N+](C)(C)C)C(=O)N[C@@H](CO)C(C)=O. The fourth-order valence-corrected chi connectivity index (χ4v) is 7.23. The van der Waals surface area contributed by atoms with E-state index in [0.29, 0.717) is 36.1 Å². The van der Waals surface area contributed by atoms with Crippen LogP contribution >= 0.6 is 22.9 Å². The first-order chi connectivity index (χ1) is 26.8. The van der Waals surface area contributed by atoms with Gasteiger partial charge in [-0.25, -0.2) is 0 Å². The number of aryl methyl sites for hydroxylation is 1. The van der Waals surface area contributed by atoms with Crippen LogP contribution in [0.25, 0.3) is 0 Å². The van der Waals surface area contributed by atoms with Gasteiger partial charge in [0.2, 0.25) is 11.8 Å². The molecular formula is C41H57ClN5O9S+. The van der Waals surface area contributed by atoms with E-state index in [0.717, 1.165) is 17.4 Å². The number of amides is 3. The zero-order valence-electron chi connectivity index (χ0n) is 33.8. The molecule has 3 aromatic rings. The number of halogens is 1. The second kappa shape index (κ2) is 21.9. The summed E-state index contributed by atoms with van der Waals surface area (Å²) in [7, 11) is 6.18. The third kappa shape index (κ3) is 14.8. The number of carbonyl (C=O) groups excluding carboxylic acids is 6. The average molecular weight is 831 g/mol. The van der Waals surface area contributed by atoms with Gasteiger partial charge in [-0.15, -0.1) is 0 Å². The summed E-state index contributed by atoms with van der Waals surface area (Å²) in [6, 6.07) is 4.32. The Labute approximate surface area is 343 Å². The molecule has 0 saturated heterocycles. The zero-order valence-corrected chi connectivity index (χ0v) is 35.4. The molecule has 3 amide bonds. The monoisotopic (exact) mass is 830 g/mol. The summed E-state index contributed by atoms with van der Waals surface area (Å²) < 4.78 is 5.77. The standard InChI is InChI=1S/C41H56ClN5O9S/c1-8-24(2)38(37(52)20-28(11-9-10-15-47(5,6)7)39(53)44-34(22-48)26(4)49)45-40(54)30(29-14-16-57-23-29)21-36(51)32(19-27-12-13-35(50)31(42)18-27)43-41(55)33-17-25(3)56-46-33/h12-14,16-18,23-24,28,30,32,34,38,48H,8-11,15,19-22H2,1-7H3,(H3-,43,44,45,50,53,54,55)/p+1/t24-,28+,30-,32-,34-,38?/m0/s1. The number of unbranched alkanes of at least 4 members (excludes halogenated alkanes) is 1. The predicted molar refractivity (Wildman–Crippen MR) is 217 cm³/mol. The van der Waals surface area contributed by atoms with E-state index in [-0.39, 0.29) is 47.4 Å². The van der Waals surface area contributed by atoms with Crippen molar-refractivity contribution < 1.29 is 48.0 Å². The Bertz CT molecular complexity index is 1840. The molecule has 0 bridgehead atoms. The number of carbonyl (C=O) groups is 6. The minimum atomic E-state index is -1.15. The van der Waals surface area contributed by atoms with Crippen LogP contribution in [0.5, 0.6) is 5.75 Å². The summed E-state index contributed by atoms with van der Waals surface area (Å²) in [5, 5.41) is 35.2. The molecule has 2 heterocycles. The average Bonchev–Trinajstić information content (AvgIpc) is 3.85. The van der Waals surface area contributed by atoms with Crippen molar-refractivity contribution in [2.24, 2.45) is 11.8 Å². The highest BCUT2D eigenvalue weighted by Crippen LogP contribution is 2.28. The number of ketones is 3. The third-order valence-electron chi connectivity index (χ3n) is 9.97. The number of benzene rings is 1. The molecular weight excluding hydrogens is 774 g/mol. The number of rotatable bonds is 24. The summed E-state index contributed by atoms with van der Waals surface area (Å²) in [5.41, 5.74) is 1.04. The lowest BCUT2D eigenvalue weighted by atomic mass is 9.86. The molecule has 0 fully saturated rings. The lowest BCUT2D eigenvalue weighted by Crippen LogP contribution is -2.50. The number of quaternary nitrogens is 1. The Morgan fingerprint density at radius 1 is 0.947 bits per heavy atom. The normalized spacial score (nSPS) is 14.8. The second-order valence-corrected chi connectivity index (χ2v) is 16.9. The largest absolute Gasteiger partial charge is 0.506 e. The van der Waals surface area contributed by atoms with Crippen LogP contribution in [0.4, 0.5) is 0 Å². The molecule has 1 unspecified atom stereocenters. The van der Waals surface area contributed by atoms with E-state index in [1.807, 2.05) is 13.8 Å². The van der Waals surface area contributed by atoms with E-state index in [2.05, 4.69) is 42.3 Å². The maximum atomic E-state index is 14.3. The number of aromatic hydroxyl groups is 1. The quantitative estimate of drug-likeness (QED) is 0.0630. The highest BCUT2D eigenvalue weighted by molar-refractivity contribution is 7.08. The highest BCUT2D eigenvalue weighted by Gasteiger charge is 2.35. The maximum Gasteiger partial charge on any atom is 0.274 e. The van der Waals surface area contributed by atoms with Gasteiger partial charge in [-0.2, -0.15) is 11.3 Å². The summed E-state index contributed by atoms with van der Waals surface area (Å²) in [6.07, 6.45) is 1.72. The van der Waals surface area contributed by atoms with Gasteiger partial charge in [-0.3, -0.25) is 28.8 Å². The number of phenolic OH excluding ortho intramolecular Hbond substituents is 1. The molecule has 0 aliphatic carbocycles. The summed E-state index contributed by atoms with van der Waals surface area (Å²) in [5.74, 6) is -5.01. The van der Waals surface area contributed by atoms with Gasteiger partial charge in [0.25, 0.3) is 5.91 Å². The lowest BCUT2D eigenvalue weighted by molar-refractivity contribution is -0.870. The van der Waals surface area contributed by atoms with Crippen LogP contribution in [0, 0.1) is 18.8 Å². The fourth-order valence-electron chi connectivity index (χ4n) is 6.31. The first-order valence-corrected chi connectivity index (χ1v) is 20.5. The smallest absolute Gasteiger partial charge is 0.274 e. The van der Waals surface area contributed by atoms with Crippen molar-refractivity contribution in [2.75, 3.05) is 34.3 Å². The van der Waals surface area contributed by atoms with Gasteiger partial charge < -0.3 is 35.2 Å². The van der Waals surface area contributed by atoms with Crippen molar-refractivity contribution in [3.8, 4) is 5.75 Å². The molecule has 16 heteroatoms. The summed E-state index contributed by atoms with van der Waals surface area (Å²) in [6.45, 7) is 6.85. The van der Waals surface area contributed by atoms with E-state index in [1.54, 1.807) is 29.8 Å². The van der Waals surface area contributed by atoms with Crippen LogP contribution in [-0.4, -0.2) is 107 Å². The van der Waals surface area contributed by atoms with Gasteiger partial charge in [-0.05, 0) is 85.5 Å². The van der Waals surface area contributed by atoms with Crippen LogP contribution in [0.3, 0.4) is 0 Å². The Balaban J connectivity index is 1.89. The number of hydrogen-bond acceptors (Lipinski definition) is 11. The van der Waals surface area contributed by atoms with Crippen LogP contribution in [0.1, 0.15) is 92.6 Å². The topological polar surface area (TPSA) is 205 Å². The summed E-state index contributed by atoms with van der Waals surface area (Å²) >= 11 is 7.48. The zero-order chi connectivity index (χ0) is 42.4. The number of thiophene rings is 1. The number of nitrogens with one attached hydrogen (secondary N) is 3. The molecule has 3 rings (SSSR count). The van der Waals surface area contributed by atoms with Crippen molar-refractivity contribution in [2.45, 2.75) is 96.7 Å². The molecule has 57 heavy (non-hydrogen) atoms. The van der Waals surface area contributed by atoms with Crippen molar-refractivity contribution in [1.82, 2.24) is 21.1 Å². The highest BCUT2D eigenvalue weighted by atomic mass is 35.5. The van der Waals surface area contributed by atoms with Gasteiger partial charge in [-0.1, -0.05) is 43.1 Å². The maximum absolute atomic E-state index is 14.3. The third-order valence-corrected chi connectivity index (χ3v) is 11.0.